The van der Waals surface area contributed by atoms with Crippen molar-refractivity contribution in [3.63, 3.8) is 0 Å². The van der Waals surface area contributed by atoms with Gasteiger partial charge in [0.1, 0.15) is 0 Å². The molecule has 4 fully saturated rings. The lowest BCUT2D eigenvalue weighted by Gasteiger charge is -2.64. The lowest BCUT2D eigenvalue weighted by Crippen LogP contribution is -2.61. The molecule has 4 aliphatic carbocycles. The molecular formula is C26H44O4. The summed E-state index contributed by atoms with van der Waals surface area (Å²) >= 11 is 0. The first kappa shape index (κ1) is 22.6. The van der Waals surface area contributed by atoms with Gasteiger partial charge in [0.2, 0.25) is 0 Å². The Balaban J connectivity index is 1.59. The Kier molecular flexibility index (Phi) is 5.84. The third-order valence-corrected chi connectivity index (χ3v) is 11.0. The van der Waals surface area contributed by atoms with E-state index >= 15 is 0 Å². The fourth-order valence-corrected chi connectivity index (χ4v) is 9.45. The topological polar surface area (TPSA) is 77.8 Å². The van der Waals surface area contributed by atoms with Crippen molar-refractivity contribution in [3.8, 4) is 0 Å². The van der Waals surface area contributed by atoms with E-state index in [2.05, 4.69) is 27.7 Å². The van der Waals surface area contributed by atoms with Crippen LogP contribution in [0.1, 0.15) is 86.0 Å². The van der Waals surface area contributed by atoms with Crippen molar-refractivity contribution < 1.29 is 20.1 Å². The maximum Gasteiger partial charge on any atom is 0.306 e. The molecule has 0 amide bonds. The summed E-state index contributed by atoms with van der Waals surface area (Å²) in [4.78, 5) is 11.4. The lowest BCUT2D eigenvalue weighted by molar-refractivity contribution is -0.199. The summed E-state index contributed by atoms with van der Waals surface area (Å²) in [7, 11) is 0. The van der Waals surface area contributed by atoms with Crippen LogP contribution in [0, 0.1) is 58.2 Å². The van der Waals surface area contributed by atoms with Gasteiger partial charge in [-0.1, -0.05) is 34.6 Å². The monoisotopic (exact) mass is 420 g/mol. The molecule has 0 aromatic heterocycles. The highest BCUT2D eigenvalue weighted by atomic mass is 16.4. The Bertz CT molecular complexity index is 663. The summed E-state index contributed by atoms with van der Waals surface area (Å²) in [6.45, 7) is 11.3. The van der Waals surface area contributed by atoms with E-state index in [4.69, 9.17) is 0 Å². The number of fused-ring (bicyclic) bond motifs is 5. The molecule has 0 heterocycles. The van der Waals surface area contributed by atoms with Crippen LogP contribution in [-0.4, -0.2) is 33.5 Å². The summed E-state index contributed by atoms with van der Waals surface area (Å²) in [6.07, 6.45) is 7.90. The van der Waals surface area contributed by atoms with Crippen molar-refractivity contribution in [1.82, 2.24) is 0 Å². The molecule has 0 aliphatic heterocycles. The highest BCUT2D eigenvalue weighted by Crippen LogP contribution is 2.69. The quantitative estimate of drug-likeness (QED) is 0.600. The average molecular weight is 421 g/mol. The van der Waals surface area contributed by atoms with Crippen LogP contribution in [0.15, 0.2) is 0 Å². The minimum absolute atomic E-state index is 0.198. The Labute approximate surface area is 182 Å². The second-order valence-electron chi connectivity index (χ2n) is 12.4. The number of aliphatic hydroxyl groups excluding tert-OH is 2. The summed E-state index contributed by atoms with van der Waals surface area (Å²) in [5.74, 6) is 2.15. The molecule has 0 radical (unpaired) electrons. The van der Waals surface area contributed by atoms with E-state index in [-0.39, 0.29) is 34.9 Å². The van der Waals surface area contributed by atoms with E-state index in [1.54, 1.807) is 0 Å². The van der Waals surface area contributed by atoms with Gasteiger partial charge >= 0.3 is 5.97 Å². The van der Waals surface area contributed by atoms with Crippen LogP contribution in [0.3, 0.4) is 0 Å². The molecule has 12 atom stereocenters. The molecule has 0 aromatic carbocycles. The predicted molar refractivity (Wildman–Crippen MR) is 118 cm³/mol. The van der Waals surface area contributed by atoms with Crippen molar-refractivity contribution >= 4 is 5.97 Å². The average Bonchev–Trinajstić information content (AvgIpc) is 3.04. The molecule has 0 spiro atoms. The SMILES string of the molecule is CC(C[C@@H](C)[C@H]1CCC2C3C(O)[C@H](C)[C@@H]4C[C@H](O)CC[C@]4(C)C3CC[C@@]21C)C(=O)O. The highest BCUT2D eigenvalue weighted by Gasteiger charge is 2.64. The second kappa shape index (κ2) is 7.76. The highest BCUT2D eigenvalue weighted by molar-refractivity contribution is 5.69. The zero-order chi connectivity index (χ0) is 22.0. The minimum Gasteiger partial charge on any atom is -0.481 e. The van der Waals surface area contributed by atoms with Crippen molar-refractivity contribution in [2.75, 3.05) is 0 Å². The fourth-order valence-electron chi connectivity index (χ4n) is 9.45. The first-order valence-corrected chi connectivity index (χ1v) is 12.6. The van der Waals surface area contributed by atoms with Crippen LogP contribution >= 0.6 is 0 Å². The van der Waals surface area contributed by atoms with Crippen molar-refractivity contribution in [3.05, 3.63) is 0 Å². The Morgan fingerprint density at radius 2 is 1.60 bits per heavy atom. The number of carboxylic acids is 1. The van der Waals surface area contributed by atoms with E-state index in [9.17, 15) is 20.1 Å². The lowest BCUT2D eigenvalue weighted by atomic mass is 9.42. The Morgan fingerprint density at radius 1 is 0.967 bits per heavy atom. The molecule has 4 rings (SSSR count). The van der Waals surface area contributed by atoms with Crippen LogP contribution in [-0.2, 0) is 4.79 Å². The van der Waals surface area contributed by atoms with Crippen LogP contribution in [0.5, 0.6) is 0 Å². The van der Waals surface area contributed by atoms with Crippen LogP contribution in [0.2, 0.25) is 0 Å². The molecular weight excluding hydrogens is 376 g/mol. The van der Waals surface area contributed by atoms with Crippen LogP contribution < -0.4 is 0 Å². The predicted octanol–water partition coefficient (Wildman–Crippen LogP) is 4.97. The normalized spacial score (nSPS) is 52.6. The number of hydrogen-bond acceptors (Lipinski definition) is 3. The van der Waals surface area contributed by atoms with Crippen molar-refractivity contribution in [1.29, 1.82) is 0 Å². The minimum atomic E-state index is -0.680. The van der Waals surface area contributed by atoms with Gasteiger partial charge in [-0.2, -0.15) is 0 Å². The third kappa shape index (κ3) is 3.27. The van der Waals surface area contributed by atoms with E-state index in [1.807, 2.05) is 6.92 Å². The van der Waals surface area contributed by atoms with Crippen molar-refractivity contribution in [2.45, 2.75) is 98.2 Å². The standard InChI is InChI=1S/C26H44O4/c1-14(12-15(2)24(29)30)18-6-7-19-22-20(9-11-25(18,19)4)26(5)10-8-17(27)13-21(26)16(3)23(22)28/h14-23,27-28H,6-13H2,1-5H3,(H,29,30)/t14-,15?,16-,17-,18-,19?,20?,21+,22?,23?,25-,26-/m1/s1. The molecule has 0 bridgehead atoms. The molecule has 5 unspecified atom stereocenters. The summed E-state index contributed by atoms with van der Waals surface area (Å²) in [5.41, 5.74) is 0.461. The number of aliphatic carboxylic acids is 1. The van der Waals surface area contributed by atoms with Gasteiger partial charge in [-0.3, -0.25) is 4.79 Å². The summed E-state index contributed by atoms with van der Waals surface area (Å²) in [6, 6.07) is 0. The number of carboxylic acid groups (broad SMARTS) is 1. The van der Waals surface area contributed by atoms with Gasteiger partial charge in [0.25, 0.3) is 0 Å². The van der Waals surface area contributed by atoms with Crippen molar-refractivity contribution in [2.24, 2.45) is 58.2 Å². The number of hydrogen-bond donors (Lipinski definition) is 3. The zero-order valence-corrected chi connectivity index (χ0v) is 19.7. The van der Waals surface area contributed by atoms with Gasteiger partial charge in [-0.05, 0) is 104 Å². The van der Waals surface area contributed by atoms with Gasteiger partial charge in [-0.15, -0.1) is 0 Å². The van der Waals surface area contributed by atoms with Crippen LogP contribution in [0.25, 0.3) is 0 Å². The molecule has 0 aromatic rings. The fraction of sp³-hybridized carbons (Fsp3) is 0.962. The van der Waals surface area contributed by atoms with E-state index in [1.165, 1.54) is 25.7 Å². The van der Waals surface area contributed by atoms with Gasteiger partial charge < -0.3 is 15.3 Å². The van der Waals surface area contributed by atoms with Gasteiger partial charge in [0.15, 0.2) is 0 Å². The number of carbonyl (C=O) groups is 1. The zero-order valence-electron chi connectivity index (χ0n) is 19.7. The Hall–Kier alpha value is -0.610. The molecule has 30 heavy (non-hydrogen) atoms. The first-order valence-electron chi connectivity index (χ1n) is 12.6. The molecule has 3 N–H and O–H groups in total. The molecule has 4 saturated carbocycles. The summed E-state index contributed by atoms with van der Waals surface area (Å²) < 4.78 is 0. The van der Waals surface area contributed by atoms with Gasteiger partial charge in [-0.25, -0.2) is 0 Å². The van der Waals surface area contributed by atoms with Crippen LogP contribution in [0.4, 0.5) is 0 Å². The van der Waals surface area contributed by atoms with E-state index < -0.39 is 5.97 Å². The molecule has 172 valence electrons. The van der Waals surface area contributed by atoms with E-state index in [0.29, 0.717) is 35.5 Å². The largest absolute Gasteiger partial charge is 0.481 e. The summed E-state index contributed by atoms with van der Waals surface area (Å²) in [5, 5.41) is 31.3. The number of aliphatic hydroxyl groups is 2. The third-order valence-electron chi connectivity index (χ3n) is 11.0. The van der Waals surface area contributed by atoms with Gasteiger partial charge in [0.05, 0.1) is 18.1 Å². The van der Waals surface area contributed by atoms with E-state index in [0.717, 1.165) is 25.7 Å². The maximum atomic E-state index is 11.6. The molecule has 4 aliphatic rings. The smallest absolute Gasteiger partial charge is 0.306 e. The molecule has 0 saturated heterocycles. The maximum absolute atomic E-state index is 11.6. The molecule has 4 heteroatoms. The molecule has 4 nitrogen and oxygen atoms in total. The van der Waals surface area contributed by atoms with Gasteiger partial charge in [0, 0.05) is 0 Å². The second-order valence-corrected chi connectivity index (χ2v) is 12.4. The number of rotatable bonds is 4. The first-order chi connectivity index (χ1) is 14.0. The Morgan fingerprint density at radius 3 is 2.27 bits per heavy atom.